The molecule has 1 aliphatic heterocycles. The molecule has 1 saturated heterocycles. The van der Waals surface area contributed by atoms with Crippen molar-refractivity contribution in [3.8, 4) is 0 Å². The lowest BCUT2D eigenvalue weighted by Gasteiger charge is -2.37. The minimum absolute atomic E-state index is 0.0775. The van der Waals surface area contributed by atoms with Crippen molar-refractivity contribution in [2.24, 2.45) is 5.11 Å². The third kappa shape index (κ3) is 7.83. The van der Waals surface area contributed by atoms with Gasteiger partial charge in [0.25, 0.3) is 0 Å². The Kier molecular flexibility index (Phi) is 7.28. The molecule has 0 N–H and O–H groups in total. The number of hydrogen-bond donors (Lipinski definition) is 0. The van der Waals surface area contributed by atoms with Crippen molar-refractivity contribution in [1.29, 1.82) is 0 Å². The van der Waals surface area contributed by atoms with Gasteiger partial charge in [-0.05, 0) is 26.3 Å². The maximum absolute atomic E-state index is 12.0. The lowest BCUT2D eigenvalue weighted by Crippen LogP contribution is -2.51. The molecule has 1 rings (SSSR count). The quantitative estimate of drug-likeness (QED) is 0.314. The second-order valence-corrected chi connectivity index (χ2v) is 6.35. The molecule has 0 aliphatic carbocycles. The van der Waals surface area contributed by atoms with Crippen LogP contribution < -0.4 is 0 Å². The molecule has 2 atom stereocenters. The fraction of sp³-hybridized carbons (Fsp3) is 0.857. The highest BCUT2D eigenvalue weighted by atomic mass is 16.6. The van der Waals surface area contributed by atoms with Gasteiger partial charge >= 0.3 is 11.9 Å². The molecule has 130 valence electrons. The number of rotatable bonds is 6. The summed E-state index contributed by atoms with van der Waals surface area (Å²) in [5.74, 6) is -0.740. The van der Waals surface area contributed by atoms with E-state index in [9.17, 15) is 9.59 Å². The summed E-state index contributed by atoms with van der Waals surface area (Å²) in [4.78, 5) is 27.9. The molecule has 0 aromatic rings. The zero-order chi connectivity index (χ0) is 17.5. The van der Waals surface area contributed by atoms with Gasteiger partial charge in [0.05, 0.1) is 38.8 Å². The highest BCUT2D eigenvalue weighted by molar-refractivity contribution is 5.72. The van der Waals surface area contributed by atoms with E-state index in [1.807, 2.05) is 4.90 Å². The normalized spacial score (nSPS) is 22.1. The van der Waals surface area contributed by atoms with Crippen LogP contribution in [0.2, 0.25) is 0 Å². The molecule has 9 nitrogen and oxygen atoms in total. The average molecular weight is 328 g/mol. The van der Waals surface area contributed by atoms with E-state index in [4.69, 9.17) is 15.0 Å². The molecule has 0 aromatic heterocycles. The average Bonchev–Trinajstić information content (AvgIpc) is 2.42. The lowest BCUT2D eigenvalue weighted by atomic mass is 10.1. The zero-order valence-corrected chi connectivity index (χ0v) is 14.0. The van der Waals surface area contributed by atoms with E-state index >= 15 is 0 Å². The molecule has 0 spiro atoms. The topological polar surface area (TPSA) is 114 Å². The van der Waals surface area contributed by atoms with Gasteiger partial charge < -0.3 is 14.2 Å². The van der Waals surface area contributed by atoms with Crippen LogP contribution in [0.1, 0.15) is 27.2 Å². The summed E-state index contributed by atoms with van der Waals surface area (Å²) in [6.45, 7) is 6.46. The number of methoxy groups -OCH3 is 1. The number of nitrogens with zero attached hydrogens (tertiary/aromatic N) is 4. The van der Waals surface area contributed by atoms with Gasteiger partial charge in [0.15, 0.2) is 0 Å². The Hall–Kier alpha value is -1.83. The number of carbonyl (C=O) groups excluding carboxylic acids is 2. The predicted octanol–water partition coefficient (Wildman–Crippen LogP) is 1.27. The van der Waals surface area contributed by atoms with E-state index in [2.05, 4.69) is 14.8 Å². The maximum atomic E-state index is 12.0. The van der Waals surface area contributed by atoms with Crippen molar-refractivity contribution < 1.29 is 23.8 Å². The molecular weight excluding hydrogens is 304 g/mol. The van der Waals surface area contributed by atoms with Crippen LogP contribution in [0.25, 0.3) is 10.4 Å². The van der Waals surface area contributed by atoms with Crippen LogP contribution in [0.3, 0.4) is 0 Å². The Morgan fingerprint density at radius 1 is 1.30 bits per heavy atom. The fourth-order valence-electron chi connectivity index (χ4n) is 2.30. The first-order chi connectivity index (χ1) is 10.7. The van der Waals surface area contributed by atoms with Gasteiger partial charge in [-0.15, -0.1) is 0 Å². The third-order valence-electron chi connectivity index (χ3n) is 3.05. The predicted molar refractivity (Wildman–Crippen MR) is 81.6 cm³/mol. The van der Waals surface area contributed by atoms with E-state index in [1.54, 1.807) is 20.8 Å². The Bertz CT molecular complexity index is 470. The molecule has 9 heteroatoms. The maximum Gasteiger partial charge on any atom is 0.320 e. The van der Waals surface area contributed by atoms with E-state index in [0.717, 1.165) is 0 Å². The molecule has 0 saturated carbocycles. The first-order valence-corrected chi connectivity index (χ1v) is 7.41. The Labute approximate surface area is 135 Å². The summed E-state index contributed by atoms with van der Waals surface area (Å²) >= 11 is 0. The van der Waals surface area contributed by atoms with E-state index in [1.165, 1.54) is 7.11 Å². The van der Waals surface area contributed by atoms with Crippen molar-refractivity contribution in [3.63, 3.8) is 0 Å². The van der Waals surface area contributed by atoms with Gasteiger partial charge in [0.2, 0.25) is 0 Å². The Balaban J connectivity index is 2.66. The van der Waals surface area contributed by atoms with Crippen LogP contribution in [0.15, 0.2) is 5.11 Å². The van der Waals surface area contributed by atoms with Crippen LogP contribution in [0, 0.1) is 0 Å². The van der Waals surface area contributed by atoms with Crippen LogP contribution in [-0.2, 0) is 23.8 Å². The second-order valence-electron chi connectivity index (χ2n) is 6.35. The molecule has 0 amide bonds. The number of morpholine rings is 1. The molecule has 1 fully saturated rings. The summed E-state index contributed by atoms with van der Waals surface area (Å²) < 4.78 is 15.7. The monoisotopic (exact) mass is 328 g/mol. The third-order valence-corrected chi connectivity index (χ3v) is 3.05. The van der Waals surface area contributed by atoms with Crippen molar-refractivity contribution >= 4 is 11.9 Å². The highest BCUT2D eigenvalue weighted by Crippen LogP contribution is 2.16. The lowest BCUT2D eigenvalue weighted by molar-refractivity contribution is -0.160. The zero-order valence-electron chi connectivity index (χ0n) is 14.0. The molecule has 0 bridgehead atoms. The van der Waals surface area contributed by atoms with E-state index in [0.29, 0.717) is 13.1 Å². The summed E-state index contributed by atoms with van der Waals surface area (Å²) in [5.41, 5.74) is 7.87. The smallest absolute Gasteiger partial charge is 0.320 e. The SMILES string of the molecule is COC(=O)C[C@H]1CN(CC(=O)OC(C)(C)C)C[C@@H](CN=[N+]=[N-])O1. The van der Waals surface area contributed by atoms with Crippen LogP contribution in [-0.4, -0.2) is 67.9 Å². The van der Waals surface area contributed by atoms with Gasteiger partial charge in [-0.1, -0.05) is 5.11 Å². The van der Waals surface area contributed by atoms with Crippen molar-refractivity contribution in [2.45, 2.75) is 45.0 Å². The standard InChI is InChI=1S/C14H24N4O5/c1-14(2,3)23-13(20)9-18-7-10(5-12(19)21-4)22-11(8-18)6-16-17-15/h10-11H,5-9H2,1-4H3/t10-,11+/m0/s1. The van der Waals surface area contributed by atoms with Gasteiger partial charge in [-0.2, -0.15) is 0 Å². The molecule has 23 heavy (non-hydrogen) atoms. The van der Waals surface area contributed by atoms with Crippen molar-refractivity contribution in [3.05, 3.63) is 10.4 Å². The van der Waals surface area contributed by atoms with Gasteiger partial charge in [-0.25, -0.2) is 0 Å². The number of ether oxygens (including phenoxy) is 3. The number of azide groups is 1. The summed E-state index contributed by atoms with van der Waals surface area (Å²) in [6.07, 6.45) is -0.720. The molecule has 0 radical (unpaired) electrons. The summed E-state index contributed by atoms with van der Waals surface area (Å²) in [6, 6.07) is 0. The number of carbonyl (C=O) groups is 2. The van der Waals surface area contributed by atoms with Crippen LogP contribution in [0.5, 0.6) is 0 Å². The van der Waals surface area contributed by atoms with E-state index < -0.39 is 17.7 Å². The number of esters is 2. The second kappa shape index (κ2) is 8.71. The molecule has 1 heterocycles. The first-order valence-electron chi connectivity index (χ1n) is 7.41. The van der Waals surface area contributed by atoms with Gasteiger partial charge in [0, 0.05) is 18.0 Å². The summed E-state index contributed by atoms with van der Waals surface area (Å²) in [7, 11) is 1.31. The van der Waals surface area contributed by atoms with Crippen molar-refractivity contribution in [1.82, 2.24) is 4.90 Å². The molecule has 0 unspecified atom stereocenters. The Morgan fingerprint density at radius 2 is 1.96 bits per heavy atom. The van der Waals surface area contributed by atoms with Crippen LogP contribution >= 0.6 is 0 Å². The number of hydrogen-bond acceptors (Lipinski definition) is 7. The molecular formula is C14H24N4O5. The minimum atomic E-state index is -0.556. The van der Waals surface area contributed by atoms with E-state index in [-0.39, 0.29) is 31.6 Å². The summed E-state index contributed by atoms with van der Waals surface area (Å²) in [5, 5.41) is 3.50. The first kappa shape index (κ1) is 19.2. The highest BCUT2D eigenvalue weighted by Gasteiger charge is 2.31. The molecule has 1 aliphatic rings. The Morgan fingerprint density at radius 3 is 2.52 bits per heavy atom. The van der Waals surface area contributed by atoms with Gasteiger partial charge in [0.1, 0.15) is 5.60 Å². The minimum Gasteiger partial charge on any atom is -0.469 e. The van der Waals surface area contributed by atoms with Crippen LogP contribution in [0.4, 0.5) is 0 Å². The largest absolute Gasteiger partial charge is 0.469 e. The fourth-order valence-corrected chi connectivity index (χ4v) is 2.30. The van der Waals surface area contributed by atoms with Crippen molar-refractivity contribution in [2.75, 3.05) is 33.3 Å². The molecule has 0 aromatic carbocycles. The van der Waals surface area contributed by atoms with Gasteiger partial charge in [-0.3, -0.25) is 14.5 Å².